The lowest BCUT2D eigenvalue weighted by Gasteiger charge is -2.48. The maximum Gasteiger partial charge on any atom is 0.412 e. The quantitative estimate of drug-likeness (QED) is 0.579. The van der Waals surface area contributed by atoms with Crippen LogP contribution in [0, 0.1) is 11.3 Å². The third kappa shape index (κ3) is 4.79. The van der Waals surface area contributed by atoms with Crippen LogP contribution in [0.5, 0.6) is 0 Å². The summed E-state index contributed by atoms with van der Waals surface area (Å²) in [6, 6.07) is 16.2. The van der Waals surface area contributed by atoms with Crippen LogP contribution in [-0.4, -0.2) is 47.2 Å². The van der Waals surface area contributed by atoms with Crippen molar-refractivity contribution in [2.24, 2.45) is 0 Å². The van der Waals surface area contributed by atoms with E-state index >= 15 is 0 Å². The molecule has 1 heterocycles. The topological polar surface area (TPSA) is 94.5 Å². The summed E-state index contributed by atoms with van der Waals surface area (Å²) in [4.78, 5) is 29.6. The predicted octanol–water partition coefficient (Wildman–Crippen LogP) is 5.51. The molecule has 1 atom stereocenters. The third-order valence-electron chi connectivity index (χ3n) is 8.30. The molecule has 7 nitrogen and oxygen atoms in total. The highest BCUT2D eigenvalue weighted by molar-refractivity contribution is 5.94. The van der Waals surface area contributed by atoms with Gasteiger partial charge in [-0.25, -0.2) is 4.79 Å². The van der Waals surface area contributed by atoms with E-state index in [2.05, 4.69) is 16.7 Å². The zero-order valence-corrected chi connectivity index (χ0v) is 20.9. The van der Waals surface area contributed by atoms with Gasteiger partial charge in [0, 0.05) is 18.3 Å². The minimum Gasteiger partial charge on any atom is -0.433 e. The van der Waals surface area contributed by atoms with Crippen molar-refractivity contribution in [1.29, 1.82) is 5.26 Å². The maximum atomic E-state index is 14.5. The van der Waals surface area contributed by atoms with Gasteiger partial charge in [0.2, 0.25) is 0 Å². The molecular formula is C29H36N4O3. The van der Waals surface area contributed by atoms with E-state index in [1.54, 1.807) is 0 Å². The molecule has 1 aliphatic heterocycles. The van der Waals surface area contributed by atoms with Crippen molar-refractivity contribution < 1.29 is 14.3 Å². The number of hydrogen-bond donors (Lipinski definition) is 2. The van der Waals surface area contributed by atoms with Crippen LogP contribution in [0.4, 0.5) is 10.5 Å². The van der Waals surface area contributed by atoms with Crippen LogP contribution in [0.3, 0.4) is 0 Å². The number of nitrogens with zero attached hydrogens (tertiary/aromatic N) is 2. The summed E-state index contributed by atoms with van der Waals surface area (Å²) in [5.41, 5.74) is -1.49. The molecule has 0 spiro atoms. The van der Waals surface area contributed by atoms with E-state index in [0.29, 0.717) is 38.0 Å². The summed E-state index contributed by atoms with van der Waals surface area (Å²) >= 11 is 0. The Morgan fingerprint density at radius 3 is 2.39 bits per heavy atom. The lowest BCUT2D eigenvalue weighted by atomic mass is 9.80. The fourth-order valence-electron chi connectivity index (χ4n) is 6.37. The molecule has 0 aromatic heterocycles. The van der Waals surface area contributed by atoms with Crippen molar-refractivity contribution in [3.05, 3.63) is 42.5 Å². The van der Waals surface area contributed by atoms with Crippen LogP contribution >= 0.6 is 0 Å². The largest absolute Gasteiger partial charge is 0.433 e. The molecule has 2 N–H and O–H groups in total. The lowest BCUT2D eigenvalue weighted by molar-refractivity contribution is -0.163. The molecule has 190 valence electrons. The van der Waals surface area contributed by atoms with Crippen LogP contribution < -0.4 is 10.6 Å². The Kier molecular flexibility index (Phi) is 7.15. The normalized spacial score (nSPS) is 24.1. The van der Waals surface area contributed by atoms with Gasteiger partial charge >= 0.3 is 6.09 Å². The highest BCUT2D eigenvalue weighted by atomic mass is 16.6. The second kappa shape index (κ2) is 10.5. The van der Waals surface area contributed by atoms with Gasteiger partial charge in [-0.3, -0.25) is 10.1 Å². The number of benzene rings is 2. The average Bonchev–Trinajstić information content (AvgIpc) is 3.40. The molecule has 0 bridgehead atoms. The summed E-state index contributed by atoms with van der Waals surface area (Å²) in [6.45, 7) is 1.17. The summed E-state index contributed by atoms with van der Waals surface area (Å²) in [7, 11) is 0. The number of nitrogens with one attached hydrogen (secondary N) is 2. The van der Waals surface area contributed by atoms with Gasteiger partial charge in [-0.05, 0) is 74.4 Å². The Hall–Kier alpha value is -3.11. The van der Waals surface area contributed by atoms with E-state index in [9.17, 15) is 14.9 Å². The number of anilines is 1. The van der Waals surface area contributed by atoms with Crippen LogP contribution in [0.25, 0.3) is 10.8 Å². The Labute approximate surface area is 213 Å². The third-order valence-corrected chi connectivity index (χ3v) is 8.30. The average molecular weight is 489 g/mol. The number of carbonyl (C=O) groups is 2. The minimum absolute atomic E-state index is 0.0109. The Morgan fingerprint density at radius 2 is 1.69 bits per heavy atom. The maximum absolute atomic E-state index is 14.5. The number of nitriles is 1. The predicted molar refractivity (Wildman–Crippen MR) is 139 cm³/mol. The van der Waals surface area contributed by atoms with E-state index in [1.807, 2.05) is 47.4 Å². The summed E-state index contributed by atoms with van der Waals surface area (Å²) in [5, 5.41) is 18.6. The van der Waals surface area contributed by atoms with Gasteiger partial charge in [0.25, 0.3) is 5.91 Å². The highest BCUT2D eigenvalue weighted by Crippen LogP contribution is 2.40. The number of amides is 2. The molecule has 1 saturated heterocycles. The standard InChI is InChI=1S/C29H36N4O3/c30-20-28(17-18-31-21-28)33(25-11-3-1-4-12-25)26(34)29(15-7-2-8-16-29)36-27(35)32-24-14-13-22-9-5-6-10-23(22)19-24/h5-6,9-10,13-14,19,25,31H,1-4,7-8,11-12,15-18,21H2,(H,32,35). The highest BCUT2D eigenvalue weighted by Gasteiger charge is 2.54. The van der Waals surface area contributed by atoms with Gasteiger partial charge in [-0.2, -0.15) is 5.26 Å². The van der Waals surface area contributed by atoms with Crippen molar-refractivity contribution in [3.63, 3.8) is 0 Å². The van der Waals surface area contributed by atoms with Gasteiger partial charge in [-0.15, -0.1) is 0 Å². The monoisotopic (exact) mass is 488 g/mol. The number of ether oxygens (including phenoxy) is 1. The zero-order chi connectivity index (χ0) is 25.0. The smallest absolute Gasteiger partial charge is 0.412 e. The van der Waals surface area contributed by atoms with Crippen molar-refractivity contribution >= 4 is 28.5 Å². The molecule has 1 unspecified atom stereocenters. The van der Waals surface area contributed by atoms with Crippen molar-refractivity contribution in [3.8, 4) is 6.07 Å². The van der Waals surface area contributed by atoms with Crippen LogP contribution in [0.1, 0.15) is 70.6 Å². The van der Waals surface area contributed by atoms with E-state index in [1.165, 1.54) is 0 Å². The molecule has 5 rings (SSSR count). The molecule has 2 amide bonds. The van der Waals surface area contributed by atoms with Gasteiger partial charge in [0.1, 0.15) is 5.54 Å². The van der Waals surface area contributed by atoms with Gasteiger partial charge in [0.05, 0.1) is 6.07 Å². The van der Waals surface area contributed by atoms with Crippen LogP contribution in [0.2, 0.25) is 0 Å². The van der Waals surface area contributed by atoms with Gasteiger partial charge in [-0.1, -0.05) is 56.0 Å². The molecule has 2 aromatic carbocycles. The molecule has 2 aromatic rings. The number of fused-ring (bicyclic) bond motifs is 1. The fourth-order valence-corrected chi connectivity index (χ4v) is 6.37. The first kappa shape index (κ1) is 24.6. The van der Waals surface area contributed by atoms with E-state index < -0.39 is 17.2 Å². The van der Waals surface area contributed by atoms with Gasteiger partial charge in [0.15, 0.2) is 5.60 Å². The minimum atomic E-state index is -1.23. The second-order valence-corrected chi connectivity index (χ2v) is 10.7. The Morgan fingerprint density at radius 1 is 0.972 bits per heavy atom. The summed E-state index contributed by atoms with van der Waals surface area (Å²) in [5.74, 6) is -0.173. The second-order valence-electron chi connectivity index (χ2n) is 10.7. The number of hydrogen-bond acceptors (Lipinski definition) is 5. The van der Waals surface area contributed by atoms with Crippen LogP contribution in [0.15, 0.2) is 42.5 Å². The number of rotatable bonds is 5. The first-order valence-corrected chi connectivity index (χ1v) is 13.5. The van der Waals surface area contributed by atoms with Gasteiger partial charge < -0.3 is 15.0 Å². The van der Waals surface area contributed by atoms with Crippen molar-refractivity contribution in [2.45, 2.75) is 87.8 Å². The molecular weight excluding hydrogens is 452 g/mol. The van der Waals surface area contributed by atoms with E-state index in [4.69, 9.17) is 4.74 Å². The first-order valence-electron chi connectivity index (χ1n) is 13.5. The molecule has 3 aliphatic rings. The SMILES string of the molecule is N#CC1(N(C(=O)C2(OC(=O)Nc3ccc4ccccc4c3)CCCCC2)C2CCCCC2)CCNC1. The van der Waals surface area contributed by atoms with Crippen molar-refractivity contribution in [2.75, 3.05) is 18.4 Å². The molecule has 36 heavy (non-hydrogen) atoms. The Bertz CT molecular complexity index is 1140. The van der Waals surface area contributed by atoms with E-state index in [0.717, 1.165) is 62.1 Å². The summed E-state index contributed by atoms with van der Waals surface area (Å²) < 4.78 is 6.11. The van der Waals surface area contributed by atoms with Crippen molar-refractivity contribution in [1.82, 2.24) is 10.2 Å². The summed E-state index contributed by atoms with van der Waals surface area (Å²) in [6.07, 6.45) is 8.71. The fraction of sp³-hybridized carbons (Fsp3) is 0.552. The molecule has 0 radical (unpaired) electrons. The molecule has 2 aliphatic carbocycles. The molecule has 3 fully saturated rings. The molecule has 2 saturated carbocycles. The van der Waals surface area contributed by atoms with Crippen LogP contribution in [-0.2, 0) is 9.53 Å². The number of carbonyl (C=O) groups excluding carboxylic acids is 2. The molecule has 7 heteroatoms. The Balaban J connectivity index is 1.42. The lowest BCUT2D eigenvalue weighted by Crippen LogP contribution is -2.64. The van der Waals surface area contributed by atoms with E-state index in [-0.39, 0.29) is 11.9 Å². The zero-order valence-electron chi connectivity index (χ0n) is 20.9. The first-order chi connectivity index (χ1) is 17.6.